The van der Waals surface area contributed by atoms with E-state index in [1.165, 1.54) is 0 Å². The molecule has 1 aliphatic rings. The van der Waals surface area contributed by atoms with Crippen molar-refractivity contribution in [3.63, 3.8) is 0 Å². The molecule has 2 aromatic rings. The third kappa shape index (κ3) is 3.11. The largest absolute Gasteiger partial charge is 0.497 e. The van der Waals surface area contributed by atoms with E-state index < -0.39 is 0 Å². The zero-order chi connectivity index (χ0) is 15.4. The molecule has 1 atom stereocenters. The molecule has 116 valence electrons. The molecule has 1 fully saturated rings. The first kappa shape index (κ1) is 15.0. The molecule has 0 saturated carbocycles. The van der Waals surface area contributed by atoms with Gasteiger partial charge in [-0.2, -0.15) is 0 Å². The van der Waals surface area contributed by atoms with Gasteiger partial charge in [0, 0.05) is 6.54 Å². The van der Waals surface area contributed by atoms with Crippen LogP contribution in [0.25, 0.3) is 0 Å². The van der Waals surface area contributed by atoms with Crippen molar-refractivity contribution >= 4 is 17.4 Å². The highest BCUT2D eigenvalue weighted by molar-refractivity contribution is 7.07. The highest BCUT2D eigenvalue weighted by Gasteiger charge is 2.28. The molecule has 6 heteroatoms. The van der Waals surface area contributed by atoms with Gasteiger partial charge in [-0.3, -0.25) is 4.79 Å². The Morgan fingerprint density at radius 1 is 1.27 bits per heavy atom. The SMILES string of the molecule is COc1ccc([C@H]2CCCCCN2C(=O)c2cnns2)cc1. The fourth-order valence-electron chi connectivity index (χ4n) is 2.93. The Balaban J connectivity index is 1.88. The number of carbonyl (C=O) groups is 1. The molecule has 1 aromatic carbocycles. The van der Waals surface area contributed by atoms with Crippen LogP contribution < -0.4 is 4.74 Å². The summed E-state index contributed by atoms with van der Waals surface area (Å²) < 4.78 is 9.03. The molecule has 0 aliphatic carbocycles. The molecule has 22 heavy (non-hydrogen) atoms. The molecule has 0 N–H and O–H groups in total. The number of hydrogen-bond acceptors (Lipinski definition) is 5. The van der Waals surface area contributed by atoms with Crippen LogP contribution in [0.1, 0.15) is 47.0 Å². The van der Waals surface area contributed by atoms with Crippen LogP contribution in [0.15, 0.2) is 30.5 Å². The first-order valence-electron chi connectivity index (χ1n) is 7.52. The summed E-state index contributed by atoms with van der Waals surface area (Å²) in [6.07, 6.45) is 5.90. The Kier molecular flexibility index (Phi) is 4.68. The van der Waals surface area contributed by atoms with Crippen LogP contribution in [0.5, 0.6) is 5.75 Å². The van der Waals surface area contributed by atoms with Crippen molar-refractivity contribution in [2.75, 3.05) is 13.7 Å². The van der Waals surface area contributed by atoms with Gasteiger partial charge >= 0.3 is 0 Å². The molecule has 1 aromatic heterocycles. The molecule has 0 spiro atoms. The van der Waals surface area contributed by atoms with E-state index in [-0.39, 0.29) is 11.9 Å². The Morgan fingerprint density at radius 2 is 2.09 bits per heavy atom. The minimum absolute atomic E-state index is 0.0396. The van der Waals surface area contributed by atoms with E-state index in [4.69, 9.17) is 4.74 Å². The number of ether oxygens (including phenoxy) is 1. The molecule has 1 saturated heterocycles. The van der Waals surface area contributed by atoms with Crippen LogP contribution in [-0.2, 0) is 0 Å². The predicted molar refractivity (Wildman–Crippen MR) is 85.1 cm³/mol. The van der Waals surface area contributed by atoms with E-state index in [0.717, 1.165) is 55.1 Å². The maximum Gasteiger partial charge on any atom is 0.267 e. The van der Waals surface area contributed by atoms with Crippen LogP contribution in [-0.4, -0.2) is 34.0 Å². The second-order valence-electron chi connectivity index (χ2n) is 5.42. The lowest BCUT2D eigenvalue weighted by Crippen LogP contribution is -2.34. The molecular weight excluding hydrogens is 298 g/mol. The highest BCUT2D eigenvalue weighted by atomic mass is 32.1. The number of amides is 1. The van der Waals surface area contributed by atoms with Gasteiger partial charge in [-0.1, -0.05) is 29.5 Å². The quantitative estimate of drug-likeness (QED) is 0.871. The summed E-state index contributed by atoms with van der Waals surface area (Å²) in [7, 11) is 1.66. The van der Waals surface area contributed by atoms with E-state index in [1.807, 2.05) is 17.0 Å². The second kappa shape index (κ2) is 6.87. The summed E-state index contributed by atoms with van der Waals surface area (Å²) in [5.74, 6) is 0.875. The summed E-state index contributed by atoms with van der Waals surface area (Å²) in [5.41, 5.74) is 1.16. The lowest BCUT2D eigenvalue weighted by molar-refractivity contribution is 0.0685. The summed E-state index contributed by atoms with van der Waals surface area (Å²) in [6, 6.07) is 8.14. The first-order valence-corrected chi connectivity index (χ1v) is 8.29. The Bertz CT molecular complexity index is 613. The van der Waals surface area contributed by atoms with Gasteiger partial charge in [0.2, 0.25) is 0 Å². The molecule has 0 bridgehead atoms. The van der Waals surface area contributed by atoms with Crippen LogP contribution in [0.3, 0.4) is 0 Å². The summed E-state index contributed by atoms with van der Waals surface area (Å²) in [5, 5.41) is 3.79. The van der Waals surface area contributed by atoms with Crippen molar-refractivity contribution in [2.24, 2.45) is 0 Å². The number of benzene rings is 1. The molecule has 1 amide bonds. The van der Waals surface area contributed by atoms with Crippen molar-refractivity contribution in [1.29, 1.82) is 0 Å². The average molecular weight is 317 g/mol. The molecule has 1 aliphatic heterocycles. The highest BCUT2D eigenvalue weighted by Crippen LogP contribution is 2.32. The summed E-state index contributed by atoms with van der Waals surface area (Å²) in [6.45, 7) is 0.785. The number of carbonyl (C=O) groups excluding carboxylic acids is 1. The van der Waals surface area contributed by atoms with Gasteiger partial charge < -0.3 is 9.64 Å². The van der Waals surface area contributed by atoms with Gasteiger partial charge in [-0.05, 0) is 42.1 Å². The fraction of sp³-hybridized carbons (Fsp3) is 0.438. The van der Waals surface area contributed by atoms with E-state index in [2.05, 4.69) is 21.7 Å². The molecule has 0 radical (unpaired) electrons. The molecule has 3 rings (SSSR count). The third-order valence-corrected chi connectivity index (χ3v) is 4.74. The summed E-state index contributed by atoms with van der Waals surface area (Å²) in [4.78, 5) is 15.3. The number of methoxy groups -OCH3 is 1. The van der Waals surface area contributed by atoms with Crippen molar-refractivity contribution in [3.8, 4) is 5.75 Å². The van der Waals surface area contributed by atoms with Crippen molar-refractivity contribution in [1.82, 2.24) is 14.5 Å². The lowest BCUT2D eigenvalue weighted by atomic mass is 10.0. The minimum atomic E-state index is 0.0396. The Labute approximate surface area is 134 Å². The van der Waals surface area contributed by atoms with Crippen molar-refractivity contribution in [3.05, 3.63) is 40.9 Å². The van der Waals surface area contributed by atoms with Gasteiger partial charge in [-0.25, -0.2) is 0 Å². The molecule has 0 unspecified atom stereocenters. The van der Waals surface area contributed by atoms with Crippen molar-refractivity contribution in [2.45, 2.75) is 31.7 Å². The van der Waals surface area contributed by atoms with Crippen LogP contribution in [0, 0.1) is 0 Å². The smallest absolute Gasteiger partial charge is 0.267 e. The van der Waals surface area contributed by atoms with E-state index in [9.17, 15) is 4.79 Å². The van der Waals surface area contributed by atoms with Gasteiger partial charge in [0.25, 0.3) is 5.91 Å². The normalized spacial score (nSPS) is 18.8. The summed E-state index contributed by atoms with van der Waals surface area (Å²) >= 11 is 1.16. The number of likely N-dealkylation sites (tertiary alicyclic amines) is 1. The molecule has 5 nitrogen and oxygen atoms in total. The topological polar surface area (TPSA) is 55.3 Å². The third-order valence-electron chi connectivity index (χ3n) is 4.09. The molecular formula is C16H19N3O2S. The van der Waals surface area contributed by atoms with Crippen molar-refractivity contribution < 1.29 is 9.53 Å². The van der Waals surface area contributed by atoms with Crippen LogP contribution in [0.2, 0.25) is 0 Å². The second-order valence-corrected chi connectivity index (χ2v) is 6.20. The number of rotatable bonds is 3. The van der Waals surface area contributed by atoms with Gasteiger partial charge in [0.1, 0.15) is 10.6 Å². The zero-order valence-electron chi connectivity index (χ0n) is 12.6. The first-order chi connectivity index (χ1) is 10.8. The fourth-order valence-corrected chi connectivity index (χ4v) is 3.40. The van der Waals surface area contributed by atoms with Gasteiger partial charge in [0.15, 0.2) is 0 Å². The minimum Gasteiger partial charge on any atom is -0.497 e. The van der Waals surface area contributed by atoms with E-state index >= 15 is 0 Å². The van der Waals surface area contributed by atoms with Crippen LogP contribution in [0.4, 0.5) is 0 Å². The zero-order valence-corrected chi connectivity index (χ0v) is 13.4. The maximum atomic E-state index is 12.8. The Morgan fingerprint density at radius 3 is 2.77 bits per heavy atom. The average Bonchev–Trinajstić information content (AvgIpc) is 2.99. The lowest BCUT2D eigenvalue weighted by Gasteiger charge is -2.30. The number of hydrogen-bond donors (Lipinski definition) is 0. The maximum absolute atomic E-state index is 12.8. The Hall–Kier alpha value is -1.95. The number of nitrogens with zero attached hydrogens (tertiary/aromatic N) is 3. The van der Waals surface area contributed by atoms with E-state index in [1.54, 1.807) is 13.3 Å². The van der Waals surface area contributed by atoms with E-state index in [0.29, 0.717) is 4.88 Å². The van der Waals surface area contributed by atoms with Gasteiger partial charge in [0.05, 0.1) is 19.3 Å². The standard InChI is InChI=1S/C16H19N3O2S/c1-21-13-8-6-12(7-9-13)14-5-3-2-4-10-19(14)16(20)15-11-17-18-22-15/h6-9,11,14H,2-5,10H2,1H3/t14-/m1/s1. The predicted octanol–water partition coefficient (Wildman–Crippen LogP) is 3.30. The molecule has 2 heterocycles. The monoisotopic (exact) mass is 317 g/mol. The number of aromatic nitrogens is 2. The van der Waals surface area contributed by atoms with Crippen LogP contribution >= 0.6 is 11.5 Å². The van der Waals surface area contributed by atoms with Gasteiger partial charge in [-0.15, -0.1) is 5.10 Å².